The lowest BCUT2D eigenvalue weighted by atomic mass is 10.2. The maximum absolute atomic E-state index is 12.1. The van der Waals surface area contributed by atoms with Crippen LogP contribution in [0.3, 0.4) is 0 Å². The van der Waals surface area contributed by atoms with E-state index in [2.05, 4.69) is 10.6 Å². The molecule has 0 saturated carbocycles. The van der Waals surface area contributed by atoms with Gasteiger partial charge in [-0.3, -0.25) is 9.59 Å². The van der Waals surface area contributed by atoms with Gasteiger partial charge in [-0.05, 0) is 30.3 Å². The summed E-state index contributed by atoms with van der Waals surface area (Å²) >= 11 is 11.7. The van der Waals surface area contributed by atoms with Gasteiger partial charge < -0.3 is 20.1 Å². The van der Waals surface area contributed by atoms with Crippen molar-refractivity contribution in [1.29, 1.82) is 0 Å². The van der Waals surface area contributed by atoms with E-state index in [9.17, 15) is 9.59 Å². The van der Waals surface area contributed by atoms with Gasteiger partial charge in [-0.2, -0.15) is 0 Å². The van der Waals surface area contributed by atoms with Crippen molar-refractivity contribution < 1.29 is 19.1 Å². The zero-order valence-corrected chi connectivity index (χ0v) is 15.1. The number of methoxy groups -OCH3 is 2. The molecule has 0 radical (unpaired) electrons. The Morgan fingerprint density at radius 1 is 0.920 bits per heavy atom. The summed E-state index contributed by atoms with van der Waals surface area (Å²) in [5, 5.41) is 5.96. The SMILES string of the molecule is COc1ccc(NC(=O)CC(=O)Nc2cc(Cl)cc(Cl)c2)c(OC)c1. The molecule has 132 valence electrons. The highest BCUT2D eigenvalue weighted by Crippen LogP contribution is 2.29. The Balaban J connectivity index is 1.99. The van der Waals surface area contributed by atoms with E-state index in [1.54, 1.807) is 24.3 Å². The maximum Gasteiger partial charge on any atom is 0.233 e. The van der Waals surface area contributed by atoms with Crippen LogP contribution in [0.4, 0.5) is 11.4 Å². The molecule has 0 aliphatic heterocycles. The standard InChI is InChI=1S/C17H16Cl2N2O4/c1-24-13-3-4-14(15(8-13)25-2)21-17(23)9-16(22)20-12-6-10(18)5-11(19)7-12/h3-8H,9H2,1-2H3,(H,20,22)(H,21,23). The molecule has 0 saturated heterocycles. The first-order valence-electron chi connectivity index (χ1n) is 7.19. The predicted molar refractivity (Wildman–Crippen MR) is 97.9 cm³/mol. The lowest BCUT2D eigenvalue weighted by Crippen LogP contribution is -2.21. The van der Waals surface area contributed by atoms with Gasteiger partial charge in [0.1, 0.15) is 17.9 Å². The summed E-state index contributed by atoms with van der Waals surface area (Å²) in [6, 6.07) is 9.55. The summed E-state index contributed by atoms with van der Waals surface area (Å²) in [5.41, 5.74) is 0.851. The second-order valence-corrected chi connectivity index (χ2v) is 5.87. The third-order valence-corrected chi connectivity index (χ3v) is 3.59. The number of benzene rings is 2. The van der Waals surface area contributed by atoms with Crippen LogP contribution in [-0.4, -0.2) is 26.0 Å². The van der Waals surface area contributed by atoms with Gasteiger partial charge in [0.05, 0.1) is 19.9 Å². The number of amides is 2. The molecule has 0 unspecified atom stereocenters. The van der Waals surface area contributed by atoms with E-state index in [-0.39, 0.29) is 6.42 Å². The van der Waals surface area contributed by atoms with Gasteiger partial charge >= 0.3 is 0 Å². The van der Waals surface area contributed by atoms with Crippen molar-refractivity contribution in [3.05, 3.63) is 46.4 Å². The number of anilines is 2. The quantitative estimate of drug-likeness (QED) is 0.740. The number of ether oxygens (including phenoxy) is 2. The fourth-order valence-corrected chi connectivity index (χ4v) is 2.60. The number of hydrogen-bond donors (Lipinski definition) is 2. The van der Waals surface area contributed by atoms with Gasteiger partial charge in [-0.15, -0.1) is 0 Å². The number of nitrogens with one attached hydrogen (secondary N) is 2. The fraction of sp³-hybridized carbons (Fsp3) is 0.176. The molecule has 6 nitrogen and oxygen atoms in total. The zero-order valence-electron chi connectivity index (χ0n) is 13.6. The Morgan fingerprint density at radius 2 is 1.56 bits per heavy atom. The van der Waals surface area contributed by atoms with Crippen molar-refractivity contribution in [2.45, 2.75) is 6.42 Å². The molecular weight excluding hydrogens is 367 g/mol. The Kier molecular flexibility index (Phi) is 6.50. The first kappa shape index (κ1) is 18.9. The van der Waals surface area contributed by atoms with Crippen molar-refractivity contribution in [3.63, 3.8) is 0 Å². The highest BCUT2D eigenvalue weighted by atomic mass is 35.5. The molecule has 2 N–H and O–H groups in total. The second kappa shape index (κ2) is 8.60. The van der Waals surface area contributed by atoms with Crippen LogP contribution in [-0.2, 0) is 9.59 Å². The van der Waals surface area contributed by atoms with E-state index < -0.39 is 11.8 Å². The highest BCUT2D eigenvalue weighted by molar-refractivity contribution is 6.35. The van der Waals surface area contributed by atoms with Crippen LogP contribution in [0.25, 0.3) is 0 Å². The molecule has 8 heteroatoms. The van der Waals surface area contributed by atoms with Crippen LogP contribution in [0.15, 0.2) is 36.4 Å². The van der Waals surface area contributed by atoms with E-state index in [0.717, 1.165) is 0 Å². The number of carbonyl (C=O) groups is 2. The lowest BCUT2D eigenvalue weighted by molar-refractivity contribution is -0.123. The molecule has 0 aliphatic carbocycles. The molecule has 2 amide bonds. The maximum atomic E-state index is 12.1. The molecular formula is C17H16Cl2N2O4. The molecule has 0 heterocycles. The summed E-state index contributed by atoms with van der Waals surface area (Å²) in [4.78, 5) is 24.0. The molecule has 2 rings (SSSR count). The first-order chi connectivity index (χ1) is 11.9. The Labute approximate surface area is 155 Å². The monoisotopic (exact) mass is 382 g/mol. The molecule has 2 aromatic carbocycles. The van der Waals surface area contributed by atoms with Crippen LogP contribution in [0.2, 0.25) is 10.0 Å². The van der Waals surface area contributed by atoms with E-state index in [0.29, 0.717) is 32.9 Å². The van der Waals surface area contributed by atoms with Crippen LogP contribution < -0.4 is 20.1 Å². The summed E-state index contributed by atoms with van der Waals surface area (Å²) < 4.78 is 10.3. The first-order valence-corrected chi connectivity index (χ1v) is 7.94. The molecule has 0 atom stereocenters. The fourth-order valence-electron chi connectivity index (χ4n) is 2.07. The molecule has 2 aromatic rings. The number of halogens is 2. The van der Waals surface area contributed by atoms with E-state index in [1.165, 1.54) is 26.4 Å². The van der Waals surface area contributed by atoms with Gasteiger partial charge in [0.25, 0.3) is 0 Å². The summed E-state index contributed by atoms with van der Waals surface area (Å²) in [7, 11) is 3.00. The molecule has 0 aliphatic rings. The molecule has 0 spiro atoms. The molecule has 0 aromatic heterocycles. The largest absolute Gasteiger partial charge is 0.497 e. The van der Waals surface area contributed by atoms with Gasteiger partial charge in [-0.25, -0.2) is 0 Å². The van der Waals surface area contributed by atoms with E-state index >= 15 is 0 Å². The number of hydrogen-bond acceptors (Lipinski definition) is 4. The summed E-state index contributed by atoms with van der Waals surface area (Å²) in [5.74, 6) is 0.0255. The van der Waals surface area contributed by atoms with Crippen molar-refractivity contribution in [2.75, 3.05) is 24.9 Å². The summed E-state index contributed by atoms with van der Waals surface area (Å²) in [6.45, 7) is 0. The Morgan fingerprint density at radius 3 is 2.16 bits per heavy atom. The van der Waals surface area contributed by atoms with Gasteiger partial charge in [0.15, 0.2) is 0 Å². The smallest absolute Gasteiger partial charge is 0.233 e. The van der Waals surface area contributed by atoms with Gasteiger partial charge in [0.2, 0.25) is 11.8 Å². The predicted octanol–water partition coefficient (Wildman–Crippen LogP) is 3.98. The molecule has 25 heavy (non-hydrogen) atoms. The minimum absolute atomic E-state index is 0.376. The lowest BCUT2D eigenvalue weighted by Gasteiger charge is -2.12. The average Bonchev–Trinajstić information content (AvgIpc) is 2.53. The van der Waals surface area contributed by atoms with Crippen LogP contribution in [0, 0.1) is 0 Å². The second-order valence-electron chi connectivity index (χ2n) is 5.00. The minimum Gasteiger partial charge on any atom is -0.497 e. The highest BCUT2D eigenvalue weighted by Gasteiger charge is 2.13. The van der Waals surface area contributed by atoms with Gasteiger partial charge in [-0.1, -0.05) is 23.2 Å². The molecule has 0 fully saturated rings. The minimum atomic E-state index is -0.497. The van der Waals surface area contributed by atoms with Crippen LogP contribution in [0.5, 0.6) is 11.5 Å². The summed E-state index contributed by atoms with van der Waals surface area (Å²) in [6.07, 6.45) is -0.376. The van der Waals surface area contributed by atoms with E-state index in [4.69, 9.17) is 32.7 Å². The molecule has 0 bridgehead atoms. The topological polar surface area (TPSA) is 76.7 Å². The third-order valence-electron chi connectivity index (χ3n) is 3.15. The normalized spacial score (nSPS) is 10.1. The average molecular weight is 383 g/mol. The Bertz CT molecular complexity index is 776. The van der Waals surface area contributed by atoms with Crippen molar-refractivity contribution in [2.24, 2.45) is 0 Å². The van der Waals surface area contributed by atoms with Crippen LogP contribution in [0.1, 0.15) is 6.42 Å². The van der Waals surface area contributed by atoms with Crippen molar-refractivity contribution in [3.8, 4) is 11.5 Å². The zero-order chi connectivity index (χ0) is 18.4. The third kappa shape index (κ3) is 5.55. The van der Waals surface area contributed by atoms with Crippen molar-refractivity contribution in [1.82, 2.24) is 0 Å². The van der Waals surface area contributed by atoms with E-state index in [1.807, 2.05) is 0 Å². The number of carbonyl (C=O) groups excluding carboxylic acids is 2. The number of rotatable bonds is 6. The van der Waals surface area contributed by atoms with Gasteiger partial charge in [0, 0.05) is 21.8 Å². The van der Waals surface area contributed by atoms with Crippen molar-refractivity contribution >= 4 is 46.4 Å². The Hall–Kier alpha value is -2.44. The van der Waals surface area contributed by atoms with Crippen LogP contribution >= 0.6 is 23.2 Å².